The number of hydrogen-bond acceptors (Lipinski definition) is 4. The van der Waals surface area contributed by atoms with Gasteiger partial charge in [-0.3, -0.25) is 10.0 Å². The number of hydrogen-bond donors (Lipinski definition) is 3. The highest BCUT2D eigenvalue weighted by molar-refractivity contribution is 7.88. The van der Waals surface area contributed by atoms with Crippen molar-refractivity contribution in [3.63, 3.8) is 0 Å². The summed E-state index contributed by atoms with van der Waals surface area (Å²) in [6.45, 7) is 0.379. The van der Waals surface area contributed by atoms with Crippen molar-refractivity contribution in [1.82, 2.24) is 14.8 Å². The summed E-state index contributed by atoms with van der Waals surface area (Å²) < 4.78 is 29.4. The molecule has 7 nitrogen and oxygen atoms in total. The lowest BCUT2D eigenvalue weighted by molar-refractivity contribution is -0.129. The Morgan fingerprint density at radius 3 is 2.42 bits per heavy atom. The van der Waals surface area contributed by atoms with Crippen molar-refractivity contribution < 1.29 is 18.4 Å². The second kappa shape index (κ2) is 10.6. The van der Waals surface area contributed by atoms with Crippen molar-refractivity contribution in [1.29, 1.82) is 0 Å². The smallest absolute Gasteiger partial charge is 0.243 e. The van der Waals surface area contributed by atoms with E-state index in [4.69, 9.17) is 5.21 Å². The number of aryl methyl sites for hydroxylation is 1. The first-order valence-corrected chi connectivity index (χ1v) is 12.1. The molecule has 1 amide bonds. The van der Waals surface area contributed by atoms with Crippen LogP contribution in [0.1, 0.15) is 37.7 Å². The lowest BCUT2D eigenvalue weighted by Gasteiger charge is -2.08. The fourth-order valence-corrected chi connectivity index (χ4v) is 4.76. The first kappa shape index (κ1) is 23.0. The summed E-state index contributed by atoms with van der Waals surface area (Å²) in [6, 6.07) is 16.0. The number of benzene rings is 2. The van der Waals surface area contributed by atoms with Crippen LogP contribution in [0.4, 0.5) is 0 Å². The highest BCUT2D eigenvalue weighted by Crippen LogP contribution is 2.25. The molecule has 0 radical (unpaired) electrons. The van der Waals surface area contributed by atoms with Gasteiger partial charge in [0.05, 0.1) is 5.75 Å². The standard InChI is InChI=1S/C23H29N3O4S/c1-26-15-13-21-16-20(11-12-22(21)26)19-9-7-18(8-10-19)17-31(29,30)24-14-5-3-2-4-6-23(27)25-28/h7-13,15-16,24,28H,2-6,14,17H2,1H3,(H,25,27). The minimum Gasteiger partial charge on any atom is -0.351 e. The van der Waals surface area contributed by atoms with Gasteiger partial charge < -0.3 is 4.57 Å². The van der Waals surface area contributed by atoms with Gasteiger partial charge in [-0.25, -0.2) is 18.6 Å². The Bertz CT molecular complexity index is 1120. The summed E-state index contributed by atoms with van der Waals surface area (Å²) >= 11 is 0. The molecule has 0 aliphatic rings. The average molecular weight is 444 g/mol. The van der Waals surface area contributed by atoms with E-state index in [-0.39, 0.29) is 12.2 Å². The van der Waals surface area contributed by atoms with Gasteiger partial charge in [0.2, 0.25) is 15.9 Å². The molecule has 3 N–H and O–H groups in total. The van der Waals surface area contributed by atoms with E-state index in [9.17, 15) is 13.2 Å². The van der Waals surface area contributed by atoms with Crippen molar-refractivity contribution in [2.75, 3.05) is 6.54 Å². The zero-order chi connectivity index (χ0) is 22.3. The Morgan fingerprint density at radius 2 is 1.68 bits per heavy atom. The zero-order valence-electron chi connectivity index (χ0n) is 17.7. The predicted octanol–water partition coefficient (Wildman–Crippen LogP) is 3.72. The summed E-state index contributed by atoms with van der Waals surface area (Å²) in [5, 5.41) is 9.59. The lowest BCUT2D eigenvalue weighted by atomic mass is 10.0. The van der Waals surface area contributed by atoms with Crippen LogP contribution in [-0.2, 0) is 27.6 Å². The van der Waals surface area contributed by atoms with E-state index in [1.165, 1.54) is 10.9 Å². The second-order valence-corrected chi connectivity index (χ2v) is 9.56. The normalized spacial score (nSPS) is 11.7. The van der Waals surface area contributed by atoms with Crippen molar-refractivity contribution >= 4 is 26.8 Å². The lowest BCUT2D eigenvalue weighted by Crippen LogP contribution is -2.26. The topological polar surface area (TPSA) is 100 Å². The van der Waals surface area contributed by atoms with Crippen LogP contribution in [0, 0.1) is 0 Å². The molecule has 1 aromatic heterocycles. The largest absolute Gasteiger partial charge is 0.351 e. The molecule has 1 heterocycles. The van der Waals surface area contributed by atoms with Crippen LogP contribution >= 0.6 is 0 Å². The predicted molar refractivity (Wildman–Crippen MR) is 122 cm³/mol. The number of rotatable bonds is 11. The van der Waals surface area contributed by atoms with E-state index in [0.717, 1.165) is 29.5 Å². The molecule has 0 bridgehead atoms. The number of fused-ring (bicyclic) bond motifs is 1. The third-order valence-corrected chi connectivity index (χ3v) is 6.66. The van der Waals surface area contributed by atoms with Crippen molar-refractivity contribution in [3.8, 4) is 11.1 Å². The van der Waals surface area contributed by atoms with Gasteiger partial charge in [0.1, 0.15) is 0 Å². The molecule has 3 rings (SSSR count). The highest BCUT2D eigenvalue weighted by atomic mass is 32.2. The van der Waals surface area contributed by atoms with Crippen molar-refractivity contribution in [3.05, 3.63) is 60.3 Å². The monoisotopic (exact) mass is 443 g/mol. The van der Waals surface area contributed by atoms with Gasteiger partial charge >= 0.3 is 0 Å². The number of carbonyl (C=O) groups excluding carboxylic acids is 1. The first-order chi connectivity index (χ1) is 14.9. The SMILES string of the molecule is Cn1ccc2cc(-c3ccc(CS(=O)(=O)NCCCCCCC(=O)NO)cc3)ccc21. The molecule has 0 unspecified atom stereocenters. The number of amides is 1. The summed E-state index contributed by atoms with van der Waals surface area (Å²) in [5.41, 5.74) is 5.67. The van der Waals surface area contributed by atoms with Gasteiger partial charge in [0.25, 0.3) is 0 Å². The molecule has 8 heteroatoms. The molecular weight excluding hydrogens is 414 g/mol. The van der Waals surface area contributed by atoms with Crippen molar-refractivity contribution in [2.45, 2.75) is 37.9 Å². The fourth-order valence-electron chi connectivity index (χ4n) is 3.57. The maximum absolute atomic E-state index is 12.3. The molecule has 31 heavy (non-hydrogen) atoms. The molecule has 0 saturated carbocycles. The number of sulfonamides is 1. The van der Waals surface area contributed by atoms with E-state index >= 15 is 0 Å². The fraction of sp³-hybridized carbons (Fsp3) is 0.348. The summed E-state index contributed by atoms with van der Waals surface area (Å²) in [4.78, 5) is 10.9. The Kier molecular flexibility index (Phi) is 7.84. The molecule has 2 aromatic carbocycles. The van der Waals surface area contributed by atoms with Crippen LogP contribution in [0.3, 0.4) is 0 Å². The highest BCUT2D eigenvalue weighted by Gasteiger charge is 2.11. The number of hydroxylamine groups is 1. The number of unbranched alkanes of at least 4 members (excludes halogenated alkanes) is 3. The molecule has 0 saturated heterocycles. The van der Waals surface area contributed by atoms with Gasteiger partial charge in [-0.1, -0.05) is 43.2 Å². The molecule has 0 aliphatic heterocycles. The van der Waals surface area contributed by atoms with E-state index in [0.29, 0.717) is 19.4 Å². The van der Waals surface area contributed by atoms with Crippen LogP contribution in [0.15, 0.2) is 54.7 Å². The van der Waals surface area contributed by atoms with Crippen LogP contribution in [0.25, 0.3) is 22.0 Å². The molecule has 0 atom stereocenters. The molecule has 0 aliphatic carbocycles. The third kappa shape index (κ3) is 6.65. The van der Waals surface area contributed by atoms with Gasteiger partial charge in [0.15, 0.2) is 0 Å². The number of nitrogens with zero attached hydrogens (tertiary/aromatic N) is 1. The third-order valence-electron chi connectivity index (χ3n) is 5.31. The molecule has 0 fully saturated rings. The Morgan fingerprint density at radius 1 is 0.968 bits per heavy atom. The molecular formula is C23H29N3O4S. The number of aromatic nitrogens is 1. The van der Waals surface area contributed by atoms with E-state index < -0.39 is 15.9 Å². The molecule has 0 spiro atoms. The van der Waals surface area contributed by atoms with E-state index in [2.05, 4.69) is 33.6 Å². The average Bonchev–Trinajstić information content (AvgIpc) is 3.13. The Hall–Kier alpha value is -2.68. The van der Waals surface area contributed by atoms with Crippen LogP contribution in [-0.4, -0.2) is 30.6 Å². The number of nitrogens with one attached hydrogen (secondary N) is 2. The maximum atomic E-state index is 12.3. The zero-order valence-corrected chi connectivity index (χ0v) is 18.5. The summed E-state index contributed by atoms with van der Waals surface area (Å²) in [6.07, 6.45) is 5.32. The summed E-state index contributed by atoms with van der Waals surface area (Å²) in [7, 11) is -1.38. The Balaban J connectivity index is 1.47. The maximum Gasteiger partial charge on any atom is 0.243 e. The van der Waals surface area contributed by atoms with Crippen molar-refractivity contribution in [2.24, 2.45) is 7.05 Å². The number of carbonyl (C=O) groups is 1. The van der Waals surface area contributed by atoms with E-state index in [1.807, 2.05) is 37.5 Å². The molecule has 166 valence electrons. The Labute approximate surface area is 183 Å². The van der Waals surface area contributed by atoms with Gasteiger partial charge in [0, 0.05) is 37.1 Å². The van der Waals surface area contributed by atoms with Crippen LogP contribution in [0.5, 0.6) is 0 Å². The molecule has 3 aromatic rings. The van der Waals surface area contributed by atoms with Gasteiger partial charge in [-0.15, -0.1) is 0 Å². The quantitative estimate of drug-likeness (QED) is 0.239. The first-order valence-electron chi connectivity index (χ1n) is 10.4. The van der Waals surface area contributed by atoms with Gasteiger partial charge in [-0.05, 0) is 47.7 Å². The van der Waals surface area contributed by atoms with Crippen LogP contribution in [0.2, 0.25) is 0 Å². The van der Waals surface area contributed by atoms with Gasteiger partial charge in [-0.2, -0.15) is 0 Å². The van der Waals surface area contributed by atoms with E-state index in [1.54, 1.807) is 5.48 Å². The second-order valence-electron chi connectivity index (χ2n) is 7.75. The van der Waals surface area contributed by atoms with Crippen LogP contribution < -0.4 is 10.2 Å². The summed E-state index contributed by atoms with van der Waals surface area (Å²) in [5.74, 6) is -0.450. The minimum atomic E-state index is -3.40. The minimum absolute atomic E-state index is 0.0539.